The van der Waals surface area contributed by atoms with Crippen LogP contribution in [-0.2, 0) is 20.5 Å². The normalized spacial score (nSPS) is 14.6. The lowest BCUT2D eigenvalue weighted by atomic mass is 9.99. The predicted octanol–water partition coefficient (Wildman–Crippen LogP) is 4.55. The van der Waals surface area contributed by atoms with Crippen LogP contribution >= 0.6 is 0 Å². The van der Waals surface area contributed by atoms with E-state index >= 15 is 0 Å². The van der Waals surface area contributed by atoms with Gasteiger partial charge in [-0.05, 0) is 55.2 Å². The molecule has 1 aliphatic heterocycles. The number of imide groups is 1. The summed E-state index contributed by atoms with van der Waals surface area (Å²) in [5.41, 5.74) is 1.82. The van der Waals surface area contributed by atoms with Gasteiger partial charge in [-0.25, -0.2) is 0 Å². The number of carbonyl (C=O) groups excluding carboxylic acids is 2. The van der Waals surface area contributed by atoms with Gasteiger partial charge in [0.15, 0.2) is 0 Å². The van der Waals surface area contributed by atoms with Crippen molar-refractivity contribution in [3.63, 3.8) is 0 Å². The topological polar surface area (TPSA) is 58.6 Å². The van der Waals surface area contributed by atoms with Crippen molar-refractivity contribution >= 4 is 23.1 Å². The minimum Gasteiger partial charge on any atom is -0.385 e. The van der Waals surface area contributed by atoms with Crippen LogP contribution in [0.4, 0.5) is 18.9 Å². The maximum Gasteiger partial charge on any atom is 0.416 e. The molecule has 0 atom stereocenters. The highest BCUT2D eigenvalue weighted by atomic mass is 19.4. The number of amides is 2. The van der Waals surface area contributed by atoms with E-state index in [0.29, 0.717) is 18.6 Å². The zero-order valence-corrected chi connectivity index (χ0v) is 17.5. The molecule has 0 aliphatic carbocycles. The number of alkyl halides is 3. The molecule has 0 radical (unpaired) electrons. The summed E-state index contributed by atoms with van der Waals surface area (Å²) < 4.78 is 44.3. The van der Waals surface area contributed by atoms with E-state index < -0.39 is 23.6 Å². The smallest absolute Gasteiger partial charge is 0.385 e. The van der Waals surface area contributed by atoms with Crippen molar-refractivity contribution < 1.29 is 27.5 Å². The molecule has 1 aliphatic rings. The van der Waals surface area contributed by atoms with Crippen molar-refractivity contribution in [1.82, 2.24) is 4.90 Å². The van der Waals surface area contributed by atoms with Crippen molar-refractivity contribution in [2.75, 3.05) is 25.6 Å². The van der Waals surface area contributed by atoms with E-state index in [0.717, 1.165) is 28.2 Å². The first-order chi connectivity index (χ1) is 14.6. The lowest BCUT2D eigenvalue weighted by Gasteiger charge is -2.15. The van der Waals surface area contributed by atoms with Gasteiger partial charge in [-0.2, -0.15) is 13.2 Å². The zero-order chi connectivity index (χ0) is 22.8. The summed E-state index contributed by atoms with van der Waals surface area (Å²) in [6.07, 6.45) is -4.07. The molecule has 3 rings (SSSR count). The molecule has 1 heterocycles. The van der Waals surface area contributed by atoms with Crippen molar-refractivity contribution in [3.8, 4) is 0 Å². The van der Waals surface area contributed by atoms with Crippen molar-refractivity contribution in [2.45, 2.75) is 26.4 Å². The number of nitrogens with zero attached hydrogens (tertiary/aromatic N) is 1. The highest BCUT2D eigenvalue weighted by Crippen LogP contribution is 2.34. The SMILES string of the molecule is COCCCN1C(=O)C(Nc2cccc(C(F)(F)F)c2)=C(c2ccc(C)c(C)c2)C1=O. The molecule has 0 fully saturated rings. The summed E-state index contributed by atoms with van der Waals surface area (Å²) in [6.45, 7) is 4.32. The van der Waals surface area contributed by atoms with E-state index in [1.165, 1.54) is 19.2 Å². The van der Waals surface area contributed by atoms with Crippen LogP contribution < -0.4 is 5.32 Å². The number of anilines is 1. The van der Waals surface area contributed by atoms with Gasteiger partial charge in [0.1, 0.15) is 5.70 Å². The van der Waals surface area contributed by atoms with Crippen LogP contribution in [0.2, 0.25) is 0 Å². The number of ether oxygens (including phenoxy) is 1. The Morgan fingerprint density at radius 2 is 1.74 bits per heavy atom. The van der Waals surface area contributed by atoms with Crippen molar-refractivity contribution in [3.05, 3.63) is 70.4 Å². The monoisotopic (exact) mass is 432 g/mol. The molecule has 2 amide bonds. The van der Waals surface area contributed by atoms with E-state index in [1.807, 2.05) is 19.9 Å². The number of hydrogen-bond donors (Lipinski definition) is 1. The van der Waals surface area contributed by atoms with Gasteiger partial charge in [0.05, 0.1) is 11.1 Å². The van der Waals surface area contributed by atoms with Crippen LogP contribution in [0.1, 0.15) is 28.7 Å². The molecule has 31 heavy (non-hydrogen) atoms. The van der Waals surface area contributed by atoms with Gasteiger partial charge < -0.3 is 10.1 Å². The average molecular weight is 432 g/mol. The van der Waals surface area contributed by atoms with Crippen LogP contribution in [0.15, 0.2) is 48.2 Å². The summed E-state index contributed by atoms with van der Waals surface area (Å²) in [5.74, 6) is -1.06. The second-order valence-corrected chi connectivity index (χ2v) is 7.36. The van der Waals surface area contributed by atoms with Crippen LogP contribution in [0.25, 0.3) is 5.57 Å². The van der Waals surface area contributed by atoms with E-state index in [4.69, 9.17) is 4.74 Å². The van der Waals surface area contributed by atoms with E-state index in [1.54, 1.807) is 12.1 Å². The van der Waals surface area contributed by atoms with Gasteiger partial charge >= 0.3 is 6.18 Å². The second kappa shape index (κ2) is 8.93. The third-order valence-electron chi connectivity index (χ3n) is 5.15. The highest BCUT2D eigenvalue weighted by molar-refractivity contribution is 6.36. The Hall–Kier alpha value is -3.13. The molecule has 0 saturated carbocycles. The molecular weight excluding hydrogens is 409 g/mol. The molecule has 2 aromatic carbocycles. The Labute approximate surface area is 178 Å². The molecule has 164 valence electrons. The lowest BCUT2D eigenvalue weighted by molar-refractivity contribution is -0.138. The fraction of sp³-hybridized carbons (Fsp3) is 0.304. The third kappa shape index (κ3) is 4.80. The van der Waals surface area contributed by atoms with Crippen LogP contribution in [-0.4, -0.2) is 37.0 Å². The molecule has 2 aromatic rings. The summed E-state index contributed by atoms with van der Waals surface area (Å²) in [6, 6.07) is 9.89. The van der Waals surface area contributed by atoms with Crippen molar-refractivity contribution in [1.29, 1.82) is 0 Å². The maximum absolute atomic E-state index is 13.1. The Bertz CT molecular complexity index is 1040. The first-order valence-corrected chi connectivity index (χ1v) is 9.74. The zero-order valence-electron chi connectivity index (χ0n) is 17.5. The maximum atomic E-state index is 13.1. The summed E-state index contributed by atoms with van der Waals surface area (Å²) in [4.78, 5) is 27.3. The fourth-order valence-electron chi connectivity index (χ4n) is 3.34. The number of benzene rings is 2. The third-order valence-corrected chi connectivity index (χ3v) is 5.15. The summed E-state index contributed by atoms with van der Waals surface area (Å²) >= 11 is 0. The number of aryl methyl sites for hydroxylation is 2. The number of rotatable bonds is 7. The Balaban J connectivity index is 2.04. The van der Waals surface area contributed by atoms with Gasteiger partial charge in [-0.3, -0.25) is 14.5 Å². The Morgan fingerprint density at radius 3 is 2.39 bits per heavy atom. The van der Waals surface area contributed by atoms with E-state index in [9.17, 15) is 22.8 Å². The van der Waals surface area contributed by atoms with Crippen LogP contribution in [0.5, 0.6) is 0 Å². The van der Waals surface area contributed by atoms with Gasteiger partial charge in [-0.15, -0.1) is 0 Å². The molecular formula is C23H23F3N2O3. The molecule has 8 heteroatoms. The van der Waals surface area contributed by atoms with Crippen LogP contribution in [0, 0.1) is 13.8 Å². The number of methoxy groups -OCH3 is 1. The second-order valence-electron chi connectivity index (χ2n) is 7.36. The number of halogens is 3. The molecule has 0 saturated heterocycles. The molecule has 5 nitrogen and oxygen atoms in total. The minimum atomic E-state index is -4.52. The fourth-order valence-corrected chi connectivity index (χ4v) is 3.34. The van der Waals surface area contributed by atoms with E-state index in [2.05, 4.69) is 5.32 Å². The van der Waals surface area contributed by atoms with Gasteiger partial charge in [-0.1, -0.05) is 24.3 Å². The summed E-state index contributed by atoms with van der Waals surface area (Å²) in [5, 5.41) is 2.77. The highest BCUT2D eigenvalue weighted by Gasteiger charge is 2.39. The largest absolute Gasteiger partial charge is 0.416 e. The standard InChI is InChI=1S/C23H23F3N2O3/c1-14-8-9-16(12-15(14)2)19-20(22(30)28(21(19)29)10-5-11-31-3)27-18-7-4-6-17(13-18)23(24,25)26/h4,6-9,12-13,27H,5,10-11H2,1-3H3. The lowest BCUT2D eigenvalue weighted by Crippen LogP contribution is -2.33. The van der Waals surface area contributed by atoms with Crippen molar-refractivity contribution in [2.24, 2.45) is 0 Å². The predicted molar refractivity (Wildman–Crippen MR) is 111 cm³/mol. The Morgan fingerprint density at radius 1 is 1.00 bits per heavy atom. The number of carbonyl (C=O) groups is 2. The van der Waals surface area contributed by atoms with Gasteiger partial charge in [0.2, 0.25) is 0 Å². The molecule has 0 spiro atoms. The first-order valence-electron chi connectivity index (χ1n) is 9.74. The van der Waals surface area contributed by atoms with Gasteiger partial charge in [0.25, 0.3) is 11.8 Å². The molecule has 0 aromatic heterocycles. The number of hydrogen-bond acceptors (Lipinski definition) is 4. The van der Waals surface area contributed by atoms with Gasteiger partial charge in [0, 0.05) is 25.9 Å². The summed E-state index contributed by atoms with van der Waals surface area (Å²) in [7, 11) is 1.52. The average Bonchev–Trinajstić information content (AvgIpc) is 2.94. The molecule has 0 bridgehead atoms. The van der Waals surface area contributed by atoms with E-state index in [-0.39, 0.29) is 23.5 Å². The first kappa shape index (κ1) is 22.6. The number of nitrogens with one attached hydrogen (secondary N) is 1. The molecule has 0 unspecified atom stereocenters. The quantitative estimate of drug-likeness (QED) is 0.515. The Kier molecular flexibility index (Phi) is 6.50. The van der Waals surface area contributed by atoms with Crippen LogP contribution in [0.3, 0.4) is 0 Å². The minimum absolute atomic E-state index is 0.0370. The molecule has 1 N–H and O–H groups in total.